The van der Waals surface area contributed by atoms with Crippen molar-refractivity contribution in [2.75, 3.05) is 0 Å². The summed E-state index contributed by atoms with van der Waals surface area (Å²) in [6.07, 6.45) is 9.77. The van der Waals surface area contributed by atoms with Gasteiger partial charge >= 0.3 is 0 Å². The van der Waals surface area contributed by atoms with Gasteiger partial charge in [0.15, 0.2) is 5.76 Å². The van der Waals surface area contributed by atoms with Gasteiger partial charge in [0.2, 0.25) is 5.78 Å². The first-order valence-corrected chi connectivity index (χ1v) is 8.27. The van der Waals surface area contributed by atoms with Crippen molar-refractivity contribution in [2.45, 2.75) is 52.6 Å². The molecule has 0 saturated heterocycles. The molecule has 2 N–H and O–H groups in total. The molecular formula is C19H24O3. The molecule has 0 aromatic rings. The second-order valence-electron chi connectivity index (χ2n) is 8.39. The fourth-order valence-electron chi connectivity index (χ4n) is 6.09. The average Bonchev–Trinajstić information content (AvgIpc) is 2.66. The number of allylic oxidation sites excluding steroid dienone is 4. The van der Waals surface area contributed by atoms with Gasteiger partial charge in [-0.05, 0) is 61.0 Å². The Bertz CT molecular complexity index is 670. The number of carbonyl (C=O) groups excluding carboxylic acids is 1. The van der Waals surface area contributed by atoms with Crippen molar-refractivity contribution in [1.82, 2.24) is 0 Å². The molecule has 1 spiro atoms. The van der Waals surface area contributed by atoms with Crippen molar-refractivity contribution in [3.63, 3.8) is 0 Å². The summed E-state index contributed by atoms with van der Waals surface area (Å²) >= 11 is 0. The molecule has 0 aromatic heterocycles. The van der Waals surface area contributed by atoms with E-state index in [1.165, 1.54) is 0 Å². The van der Waals surface area contributed by atoms with Crippen molar-refractivity contribution in [2.24, 2.45) is 22.2 Å². The second kappa shape index (κ2) is 3.94. The number of Topliss-reactive ketones (excluding diaryl/α,β-unsaturated/α-hetero) is 1. The molecule has 2 saturated carbocycles. The van der Waals surface area contributed by atoms with E-state index < -0.39 is 11.5 Å². The van der Waals surface area contributed by atoms with Crippen LogP contribution in [0.1, 0.15) is 46.5 Å². The van der Waals surface area contributed by atoms with Gasteiger partial charge in [-0.3, -0.25) is 4.79 Å². The van der Waals surface area contributed by atoms with Gasteiger partial charge < -0.3 is 10.2 Å². The predicted octanol–water partition coefficient (Wildman–Crippen LogP) is 3.46. The molecule has 3 heteroatoms. The zero-order valence-electron chi connectivity index (χ0n) is 13.5. The molecule has 0 aromatic carbocycles. The van der Waals surface area contributed by atoms with Gasteiger partial charge in [0.05, 0.1) is 6.10 Å². The molecule has 0 unspecified atom stereocenters. The minimum absolute atomic E-state index is 0.00210. The van der Waals surface area contributed by atoms with Crippen molar-refractivity contribution in [3.05, 3.63) is 35.1 Å². The normalized spacial score (nSPS) is 49.8. The van der Waals surface area contributed by atoms with E-state index in [4.69, 9.17) is 0 Å². The maximum atomic E-state index is 12.1. The lowest BCUT2D eigenvalue weighted by Gasteiger charge is -2.58. The van der Waals surface area contributed by atoms with E-state index in [9.17, 15) is 15.0 Å². The average molecular weight is 300 g/mol. The van der Waals surface area contributed by atoms with Crippen LogP contribution in [0, 0.1) is 22.2 Å². The van der Waals surface area contributed by atoms with Crippen LogP contribution in [0.3, 0.4) is 0 Å². The van der Waals surface area contributed by atoms with Gasteiger partial charge in [0.25, 0.3) is 0 Å². The van der Waals surface area contributed by atoms with E-state index in [2.05, 4.69) is 26.0 Å². The van der Waals surface area contributed by atoms with E-state index in [0.29, 0.717) is 17.9 Å². The lowest BCUT2D eigenvalue weighted by atomic mass is 9.46. The summed E-state index contributed by atoms with van der Waals surface area (Å²) in [5.41, 5.74) is 1.21. The molecule has 4 rings (SSSR count). The van der Waals surface area contributed by atoms with Crippen LogP contribution < -0.4 is 0 Å². The highest BCUT2D eigenvalue weighted by Crippen LogP contribution is 2.68. The molecule has 2 fully saturated rings. The van der Waals surface area contributed by atoms with E-state index in [0.717, 1.165) is 24.8 Å². The lowest BCUT2D eigenvalue weighted by Crippen LogP contribution is -2.53. The van der Waals surface area contributed by atoms with E-state index in [1.807, 2.05) is 0 Å². The SMILES string of the molecule is CC1=C2[C@@H](O)C[C@]34C=C[C@](C)(CC[C@H]3[C@]2(C)C=C(O)C1=O)C4. The Morgan fingerprint density at radius 2 is 2.00 bits per heavy atom. The number of hydrogen-bond donors (Lipinski definition) is 2. The Labute approximate surface area is 131 Å². The Hall–Kier alpha value is -1.35. The summed E-state index contributed by atoms with van der Waals surface area (Å²) in [7, 11) is 0. The smallest absolute Gasteiger partial charge is 0.222 e. The van der Waals surface area contributed by atoms with Gasteiger partial charge in [-0.2, -0.15) is 0 Å². The van der Waals surface area contributed by atoms with Crippen LogP contribution in [0.4, 0.5) is 0 Å². The predicted molar refractivity (Wildman–Crippen MR) is 84.2 cm³/mol. The Kier molecular flexibility index (Phi) is 2.55. The summed E-state index contributed by atoms with van der Waals surface area (Å²) in [6, 6.07) is 0. The minimum Gasteiger partial charge on any atom is -0.504 e. The van der Waals surface area contributed by atoms with Gasteiger partial charge in [-0.15, -0.1) is 0 Å². The minimum atomic E-state index is -0.598. The number of carbonyl (C=O) groups is 1. The van der Waals surface area contributed by atoms with Crippen LogP contribution in [0.2, 0.25) is 0 Å². The van der Waals surface area contributed by atoms with Crippen LogP contribution in [0.15, 0.2) is 35.1 Å². The van der Waals surface area contributed by atoms with Gasteiger partial charge in [0, 0.05) is 11.0 Å². The monoisotopic (exact) mass is 300 g/mol. The first-order valence-electron chi connectivity index (χ1n) is 8.27. The first kappa shape index (κ1) is 14.3. The molecule has 0 aliphatic heterocycles. The molecule has 0 radical (unpaired) electrons. The Balaban J connectivity index is 1.90. The summed E-state index contributed by atoms with van der Waals surface area (Å²) in [6.45, 7) is 6.15. The van der Waals surface area contributed by atoms with Crippen LogP contribution in [0.25, 0.3) is 0 Å². The highest BCUT2D eigenvalue weighted by Gasteiger charge is 2.61. The Morgan fingerprint density at radius 1 is 1.27 bits per heavy atom. The molecule has 5 atom stereocenters. The fourth-order valence-corrected chi connectivity index (χ4v) is 6.09. The van der Waals surface area contributed by atoms with Crippen molar-refractivity contribution in [1.29, 1.82) is 0 Å². The van der Waals surface area contributed by atoms with Gasteiger partial charge in [-0.25, -0.2) is 0 Å². The van der Waals surface area contributed by atoms with E-state index in [1.54, 1.807) is 13.0 Å². The second-order valence-corrected chi connectivity index (χ2v) is 8.39. The summed E-state index contributed by atoms with van der Waals surface area (Å²) < 4.78 is 0. The summed E-state index contributed by atoms with van der Waals surface area (Å²) in [4.78, 5) is 12.1. The Morgan fingerprint density at radius 3 is 2.73 bits per heavy atom. The summed E-state index contributed by atoms with van der Waals surface area (Å²) in [5, 5.41) is 21.0. The van der Waals surface area contributed by atoms with E-state index in [-0.39, 0.29) is 22.4 Å². The number of aliphatic hydroxyl groups excluding tert-OH is 2. The molecule has 2 bridgehead atoms. The topological polar surface area (TPSA) is 57.5 Å². The third-order valence-corrected chi connectivity index (χ3v) is 6.87. The zero-order valence-corrected chi connectivity index (χ0v) is 13.5. The molecule has 4 aliphatic carbocycles. The molecule has 0 amide bonds. The van der Waals surface area contributed by atoms with Crippen LogP contribution in [-0.2, 0) is 4.79 Å². The first-order chi connectivity index (χ1) is 10.2. The lowest BCUT2D eigenvalue weighted by molar-refractivity contribution is -0.116. The largest absolute Gasteiger partial charge is 0.504 e. The fraction of sp³-hybridized carbons (Fsp3) is 0.632. The molecule has 22 heavy (non-hydrogen) atoms. The quantitative estimate of drug-likeness (QED) is 0.674. The molecular weight excluding hydrogens is 276 g/mol. The number of hydrogen-bond acceptors (Lipinski definition) is 3. The molecule has 118 valence electrons. The van der Waals surface area contributed by atoms with Gasteiger partial charge in [-0.1, -0.05) is 26.0 Å². The number of ketones is 1. The van der Waals surface area contributed by atoms with Crippen molar-refractivity contribution >= 4 is 5.78 Å². The van der Waals surface area contributed by atoms with Crippen LogP contribution >= 0.6 is 0 Å². The van der Waals surface area contributed by atoms with Crippen molar-refractivity contribution < 1.29 is 15.0 Å². The third-order valence-electron chi connectivity index (χ3n) is 6.87. The number of fused-ring (bicyclic) bond motifs is 3. The maximum absolute atomic E-state index is 12.1. The highest BCUT2D eigenvalue weighted by atomic mass is 16.3. The maximum Gasteiger partial charge on any atom is 0.222 e. The molecule has 4 aliphatic rings. The summed E-state index contributed by atoms with van der Waals surface area (Å²) in [5.74, 6) is -0.135. The van der Waals surface area contributed by atoms with Crippen LogP contribution in [-0.4, -0.2) is 22.1 Å². The van der Waals surface area contributed by atoms with Crippen LogP contribution in [0.5, 0.6) is 0 Å². The zero-order chi connectivity index (χ0) is 15.9. The van der Waals surface area contributed by atoms with Gasteiger partial charge in [0.1, 0.15) is 0 Å². The number of aliphatic hydroxyl groups is 2. The number of rotatable bonds is 0. The molecule has 0 heterocycles. The van der Waals surface area contributed by atoms with Crippen molar-refractivity contribution in [3.8, 4) is 0 Å². The highest BCUT2D eigenvalue weighted by molar-refractivity contribution is 6.08. The molecule has 3 nitrogen and oxygen atoms in total. The third kappa shape index (κ3) is 1.53. The van der Waals surface area contributed by atoms with E-state index >= 15 is 0 Å². The standard InChI is InChI=1S/C19H24O3/c1-11-15-12(20)9-19-7-6-17(2,10-19)5-4-14(19)18(15,3)8-13(21)16(11)22/h6-8,12,14,20-21H,4-5,9-10H2,1-3H3/t12-,14-,17-,18-,19-/m0/s1.